The van der Waals surface area contributed by atoms with Gasteiger partial charge < -0.3 is 9.84 Å². The average Bonchev–Trinajstić information content (AvgIpc) is 2.69. The summed E-state index contributed by atoms with van der Waals surface area (Å²) in [4.78, 5) is 0. The second-order valence-corrected chi connectivity index (χ2v) is 4.88. The molecule has 1 atom stereocenters. The zero-order valence-electron chi connectivity index (χ0n) is 11.8. The molecule has 4 heteroatoms. The van der Waals surface area contributed by atoms with Gasteiger partial charge in [-0.15, -0.1) is 0 Å². The topological polar surface area (TPSA) is 47.3 Å². The summed E-state index contributed by atoms with van der Waals surface area (Å²) in [6.45, 7) is 3.94. The van der Waals surface area contributed by atoms with Gasteiger partial charge in [-0.3, -0.25) is 4.68 Å². The van der Waals surface area contributed by atoms with Crippen LogP contribution >= 0.6 is 0 Å². The van der Waals surface area contributed by atoms with Gasteiger partial charge in [0.1, 0.15) is 5.75 Å². The first kappa shape index (κ1) is 13.6. The largest absolute Gasteiger partial charge is 0.496 e. The molecule has 0 aliphatic rings. The highest BCUT2D eigenvalue weighted by molar-refractivity contribution is 5.38. The van der Waals surface area contributed by atoms with Gasteiger partial charge in [-0.1, -0.05) is 17.7 Å². The predicted octanol–water partition coefficient (Wildman–Crippen LogP) is 2.32. The number of hydrogen-bond acceptors (Lipinski definition) is 3. The van der Waals surface area contributed by atoms with Gasteiger partial charge in [0.25, 0.3) is 0 Å². The normalized spacial score (nSPS) is 12.5. The van der Waals surface area contributed by atoms with Crippen molar-refractivity contribution < 1.29 is 9.84 Å². The highest BCUT2D eigenvalue weighted by Gasteiger charge is 2.16. The van der Waals surface area contributed by atoms with Crippen molar-refractivity contribution in [3.63, 3.8) is 0 Å². The fourth-order valence-electron chi connectivity index (χ4n) is 2.33. The lowest BCUT2D eigenvalue weighted by atomic mass is 10.00. The summed E-state index contributed by atoms with van der Waals surface area (Å²) in [6, 6.07) is 5.99. The summed E-state index contributed by atoms with van der Waals surface area (Å²) in [7, 11) is 3.51. The third-order valence-corrected chi connectivity index (χ3v) is 3.26. The predicted molar refractivity (Wildman–Crippen MR) is 74.3 cm³/mol. The quantitative estimate of drug-likeness (QED) is 0.917. The van der Waals surface area contributed by atoms with Gasteiger partial charge >= 0.3 is 0 Å². The average molecular weight is 260 g/mol. The maximum absolute atomic E-state index is 10.4. The first-order valence-corrected chi connectivity index (χ1v) is 6.33. The van der Waals surface area contributed by atoms with Gasteiger partial charge in [-0.25, -0.2) is 0 Å². The second kappa shape index (κ2) is 5.45. The molecule has 1 aromatic heterocycles. The number of aryl methyl sites for hydroxylation is 3. The molecule has 1 aromatic carbocycles. The molecule has 0 aliphatic heterocycles. The highest BCUT2D eigenvalue weighted by atomic mass is 16.5. The standard InChI is InChI=1S/C15H20N2O2/c1-10-5-6-15(19-4)12(7-10)8-14(18)13-9-17(3)16-11(13)2/h5-7,9,14,18H,8H2,1-4H3. The van der Waals surface area contributed by atoms with Crippen molar-refractivity contribution in [2.75, 3.05) is 7.11 Å². The van der Waals surface area contributed by atoms with Crippen LogP contribution < -0.4 is 4.74 Å². The van der Waals surface area contributed by atoms with Crippen LogP contribution in [-0.4, -0.2) is 22.0 Å². The first-order chi connectivity index (χ1) is 9.01. The van der Waals surface area contributed by atoms with Crippen molar-refractivity contribution in [1.82, 2.24) is 9.78 Å². The van der Waals surface area contributed by atoms with E-state index in [-0.39, 0.29) is 0 Å². The van der Waals surface area contributed by atoms with Gasteiger partial charge in [0, 0.05) is 25.2 Å². The fourth-order valence-corrected chi connectivity index (χ4v) is 2.33. The molecular formula is C15H20N2O2. The summed E-state index contributed by atoms with van der Waals surface area (Å²) >= 11 is 0. The van der Waals surface area contributed by atoms with Crippen molar-refractivity contribution in [2.24, 2.45) is 7.05 Å². The van der Waals surface area contributed by atoms with E-state index in [1.54, 1.807) is 11.8 Å². The minimum absolute atomic E-state index is 0.525. The second-order valence-electron chi connectivity index (χ2n) is 4.88. The third kappa shape index (κ3) is 2.96. The van der Waals surface area contributed by atoms with Crippen LogP contribution in [0.1, 0.15) is 28.5 Å². The molecule has 2 rings (SSSR count). The number of aliphatic hydroxyl groups is 1. The van der Waals surface area contributed by atoms with Crippen molar-refractivity contribution >= 4 is 0 Å². The van der Waals surface area contributed by atoms with Crippen molar-refractivity contribution in [2.45, 2.75) is 26.4 Å². The van der Waals surface area contributed by atoms with Gasteiger partial charge in [-0.2, -0.15) is 5.10 Å². The van der Waals surface area contributed by atoms with Crippen LogP contribution in [0.4, 0.5) is 0 Å². The molecule has 0 saturated heterocycles. The molecule has 0 amide bonds. The zero-order chi connectivity index (χ0) is 14.0. The molecular weight excluding hydrogens is 240 g/mol. The van der Waals surface area contributed by atoms with Crippen LogP contribution in [0.25, 0.3) is 0 Å². The van der Waals surface area contributed by atoms with Crippen LogP contribution in [0.3, 0.4) is 0 Å². The lowest BCUT2D eigenvalue weighted by Crippen LogP contribution is -2.04. The summed E-state index contributed by atoms with van der Waals surface area (Å²) in [5, 5.41) is 14.6. The van der Waals surface area contributed by atoms with Crippen LogP contribution in [0.15, 0.2) is 24.4 Å². The molecule has 0 fully saturated rings. The molecule has 0 aliphatic carbocycles. The zero-order valence-corrected chi connectivity index (χ0v) is 11.8. The summed E-state index contributed by atoms with van der Waals surface area (Å²) in [5.41, 5.74) is 3.90. The lowest BCUT2D eigenvalue weighted by molar-refractivity contribution is 0.176. The number of hydrogen-bond donors (Lipinski definition) is 1. The van der Waals surface area contributed by atoms with Crippen LogP contribution in [0, 0.1) is 13.8 Å². The van der Waals surface area contributed by atoms with Gasteiger partial charge in [0.2, 0.25) is 0 Å². The van der Waals surface area contributed by atoms with E-state index in [1.165, 1.54) is 0 Å². The Labute approximate surface area is 113 Å². The lowest BCUT2D eigenvalue weighted by Gasteiger charge is -2.13. The van der Waals surface area contributed by atoms with E-state index in [9.17, 15) is 5.11 Å². The Bertz CT molecular complexity index is 576. The van der Waals surface area contributed by atoms with Crippen molar-refractivity contribution in [1.29, 1.82) is 0 Å². The van der Waals surface area contributed by atoms with E-state index in [2.05, 4.69) is 5.10 Å². The Morgan fingerprint density at radius 3 is 2.68 bits per heavy atom. The third-order valence-electron chi connectivity index (χ3n) is 3.26. The van der Waals surface area contributed by atoms with Crippen LogP contribution in [-0.2, 0) is 13.5 Å². The SMILES string of the molecule is COc1ccc(C)cc1CC(O)c1cn(C)nc1C. The van der Waals surface area contributed by atoms with E-state index >= 15 is 0 Å². The van der Waals surface area contributed by atoms with Gasteiger partial charge in [0.15, 0.2) is 0 Å². The number of methoxy groups -OCH3 is 1. The molecule has 4 nitrogen and oxygen atoms in total. The number of aliphatic hydroxyl groups excluding tert-OH is 1. The number of nitrogens with zero attached hydrogens (tertiary/aromatic N) is 2. The fraction of sp³-hybridized carbons (Fsp3) is 0.400. The number of benzene rings is 1. The molecule has 102 valence electrons. The first-order valence-electron chi connectivity index (χ1n) is 6.33. The van der Waals surface area contributed by atoms with Gasteiger partial charge in [0.05, 0.1) is 18.9 Å². The van der Waals surface area contributed by atoms with Crippen molar-refractivity contribution in [3.05, 3.63) is 46.8 Å². The van der Waals surface area contributed by atoms with Crippen LogP contribution in [0.5, 0.6) is 5.75 Å². The maximum atomic E-state index is 10.4. The summed E-state index contributed by atoms with van der Waals surface area (Å²) < 4.78 is 7.06. The van der Waals surface area contributed by atoms with E-state index in [0.717, 1.165) is 28.1 Å². The Morgan fingerprint density at radius 1 is 1.37 bits per heavy atom. The smallest absolute Gasteiger partial charge is 0.122 e. The minimum Gasteiger partial charge on any atom is -0.496 e. The molecule has 0 bridgehead atoms. The van der Waals surface area contributed by atoms with Crippen molar-refractivity contribution in [3.8, 4) is 5.75 Å². The molecule has 0 saturated carbocycles. The molecule has 1 heterocycles. The van der Waals surface area contributed by atoms with E-state index in [1.807, 2.05) is 45.3 Å². The number of ether oxygens (including phenoxy) is 1. The molecule has 1 unspecified atom stereocenters. The Morgan fingerprint density at radius 2 is 2.11 bits per heavy atom. The minimum atomic E-state index is -0.565. The maximum Gasteiger partial charge on any atom is 0.122 e. The van der Waals surface area contributed by atoms with Gasteiger partial charge in [-0.05, 0) is 25.5 Å². The van der Waals surface area contributed by atoms with E-state index in [0.29, 0.717) is 6.42 Å². The Kier molecular flexibility index (Phi) is 3.90. The molecule has 2 aromatic rings. The summed E-state index contributed by atoms with van der Waals surface area (Å²) in [5.74, 6) is 0.811. The molecule has 1 N–H and O–H groups in total. The Hall–Kier alpha value is -1.81. The molecule has 0 spiro atoms. The molecule has 0 radical (unpaired) electrons. The Balaban J connectivity index is 2.25. The number of rotatable bonds is 4. The van der Waals surface area contributed by atoms with E-state index < -0.39 is 6.10 Å². The summed E-state index contributed by atoms with van der Waals surface area (Å²) in [6.07, 6.45) is 1.82. The van der Waals surface area contributed by atoms with Crippen LogP contribution in [0.2, 0.25) is 0 Å². The molecule has 19 heavy (non-hydrogen) atoms. The highest BCUT2D eigenvalue weighted by Crippen LogP contribution is 2.27. The number of aromatic nitrogens is 2. The monoisotopic (exact) mass is 260 g/mol. The van der Waals surface area contributed by atoms with E-state index in [4.69, 9.17) is 4.74 Å².